The molecule has 0 saturated heterocycles. The molecule has 2 atom stereocenters. The molecule has 0 N–H and O–H groups in total. The molecule has 0 bridgehead atoms. The summed E-state index contributed by atoms with van der Waals surface area (Å²) in [7, 11) is 1.17. The summed E-state index contributed by atoms with van der Waals surface area (Å²) in [4.78, 5) is 37.4. The van der Waals surface area contributed by atoms with Gasteiger partial charge in [-0.25, -0.2) is 0 Å². The smallest absolute Gasteiger partial charge is 0.306 e. The highest BCUT2D eigenvalue weighted by Crippen LogP contribution is 2.38. The molecule has 0 aromatic rings. The van der Waals surface area contributed by atoms with Gasteiger partial charge in [-0.3, -0.25) is 14.2 Å². The van der Waals surface area contributed by atoms with Crippen molar-refractivity contribution in [3.63, 3.8) is 0 Å². The van der Waals surface area contributed by atoms with Crippen LogP contribution in [0.3, 0.4) is 0 Å². The van der Waals surface area contributed by atoms with Crippen molar-refractivity contribution in [2.45, 2.75) is 200 Å². The van der Waals surface area contributed by atoms with Crippen LogP contribution in [0.5, 0.6) is 0 Å². The average Bonchev–Trinajstić information content (AvgIpc) is 3.09. The van der Waals surface area contributed by atoms with E-state index in [4.69, 9.17) is 18.5 Å². The topological polar surface area (TPSA) is 111 Å². The number of nitrogens with zero attached hydrogens (tertiary/aromatic N) is 1. The molecule has 0 aliphatic carbocycles. The summed E-state index contributed by atoms with van der Waals surface area (Å²) in [5.74, 6) is -0.829. The molecule has 9 nitrogen and oxygen atoms in total. The van der Waals surface area contributed by atoms with Crippen LogP contribution >= 0.6 is 7.82 Å². The summed E-state index contributed by atoms with van der Waals surface area (Å²) in [6.45, 7) is 4.21. The second-order valence-electron chi connectivity index (χ2n) is 15.7. The maximum Gasteiger partial charge on any atom is 0.306 e. The maximum absolute atomic E-state index is 12.6. The minimum absolute atomic E-state index is 0.0279. The first-order valence-corrected chi connectivity index (χ1v) is 22.9. The molecule has 1 unspecified atom stereocenters. The molecule has 0 saturated carbocycles. The Kier molecular flexibility index (Phi) is 34.6. The normalized spacial score (nSPS) is 13.7. The maximum atomic E-state index is 12.6. The monoisotopic (exact) mass is 760 g/mol. The van der Waals surface area contributed by atoms with Crippen molar-refractivity contribution in [2.75, 3.05) is 47.5 Å². The van der Waals surface area contributed by atoms with Gasteiger partial charge in [-0.1, -0.05) is 161 Å². The Morgan fingerprint density at radius 3 is 1.48 bits per heavy atom. The van der Waals surface area contributed by atoms with Crippen LogP contribution < -0.4 is 4.89 Å². The van der Waals surface area contributed by atoms with Gasteiger partial charge < -0.3 is 27.9 Å². The number of quaternary nitrogens is 1. The van der Waals surface area contributed by atoms with Gasteiger partial charge in [-0.05, 0) is 32.1 Å². The molecule has 0 amide bonds. The average molecular weight is 760 g/mol. The van der Waals surface area contributed by atoms with Crippen molar-refractivity contribution in [3.05, 3.63) is 12.2 Å². The summed E-state index contributed by atoms with van der Waals surface area (Å²) in [6, 6.07) is 0. The number of allylic oxidation sites excluding steroid dienone is 2. The molecule has 0 aromatic heterocycles. The van der Waals surface area contributed by atoms with E-state index in [-0.39, 0.29) is 32.0 Å². The Morgan fingerprint density at radius 1 is 0.577 bits per heavy atom. The molecule has 0 aromatic carbocycles. The van der Waals surface area contributed by atoms with E-state index in [9.17, 15) is 19.0 Å². The fourth-order valence-corrected chi connectivity index (χ4v) is 6.60. The third-order valence-corrected chi connectivity index (χ3v) is 10.2. The van der Waals surface area contributed by atoms with E-state index in [0.717, 1.165) is 32.1 Å². The van der Waals surface area contributed by atoms with Gasteiger partial charge in [0.1, 0.15) is 19.8 Å². The second-order valence-corrected chi connectivity index (χ2v) is 17.1. The van der Waals surface area contributed by atoms with E-state index in [1.165, 1.54) is 128 Å². The van der Waals surface area contributed by atoms with E-state index < -0.39 is 26.5 Å². The number of ether oxygens (including phenoxy) is 2. The summed E-state index contributed by atoms with van der Waals surface area (Å²) in [5, 5.41) is 0. The fraction of sp³-hybridized carbons (Fsp3) is 0.905. The molecule has 308 valence electrons. The highest BCUT2D eigenvalue weighted by molar-refractivity contribution is 7.45. The SMILES string of the molecule is CCCC/C=C/CCCCCCCCCCCC(=O)OC[C@H](COP(=O)([O-])OCC[N+](C)(C)C)OC(=O)CCCCCCCCCCCCCCC. The standard InChI is InChI=1S/C42H82NO8P/c1-6-8-10-12-14-16-18-20-21-23-24-26-28-30-32-34-41(44)48-38-40(39-50-52(46,47)49-37-36-43(3,4)5)51-42(45)35-33-31-29-27-25-22-19-17-15-13-11-9-7-2/h12,14,40H,6-11,13,15-39H2,1-5H3/b14-12+/t40-/m1/s1. The quantitative estimate of drug-likeness (QED) is 0.0200. The molecule has 0 heterocycles. The minimum atomic E-state index is -4.62. The Bertz CT molecular complexity index is 907. The Hall–Kier alpha value is -1.25. The molecule has 0 rings (SSSR count). The van der Waals surface area contributed by atoms with E-state index in [1.807, 2.05) is 21.1 Å². The molecule has 0 radical (unpaired) electrons. The van der Waals surface area contributed by atoms with Crippen LogP contribution in [0, 0.1) is 0 Å². The molecular formula is C42H82NO8P. The first kappa shape index (κ1) is 50.8. The van der Waals surface area contributed by atoms with Gasteiger partial charge in [-0.2, -0.15) is 0 Å². The zero-order chi connectivity index (χ0) is 38.6. The van der Waals surface area contributed by atoms with Crippen LogP contribution in [-0.4, -0.2) is 70.0 Å². The Morgan fingerprint density at radius 2 is 1.00 bits per heavy atom. The Labute approximate surface area is 320 Å². The predicted molar refractivity (Wildman–Crippen MR) is 213 cm³/mol. The summed E-state index contributed by atoms with van der Waals surface area (Å²) < 4.78 is 33.9. The number of esters is 2. The number of phosphoric ester groups is 1. The molecule has 0 fully saturated rings. The third kappa shape index (κ3) is 38.5. The highest BCUT2D eigenvalue weighted by Gasteiger charge is 2.21. The second kappa shape index (κ2) is 35.5. The summed E-state index contributed by atoms with van der Waals surface area (Å²) in [5.41, 5.74) is 0. The van der Waals surface area contributed by atoms with Crippen LogP contribution in [0.2, 0.25) is 0 Å². The predicted octanol–water partition coefficient (Wildman–Crippen LogP) is 11.2. The van der Waals surface area contributed by atoms with Gasteiger partial charge in [-0.15, -0.1) is 0 Å². The van der Waals surface area contributed by atoms with Crippen molar-refractivity contribution in [2.24, 2.45) is 0 Å². The van der Waals surface area contributed by atoms with E-state index >= 15 is 0 Å². The Balaban J connectivity index is 4.35. The van der Waals surface area contributed by atoms with Gasteiger partial charge in [0.25, 0.3) is 7.82 Å². The first-order valence-electron chi connectivity index (χ1n) is 21.4. The van der Waals surface area contributed by atoms with Crippen molar-refractivity contribution in [1.29, 1.82) is 0 Å². The van der Waals surface area contributed by atoms with Crippen LogP contribution in [0.25, 0.3) is 0 Å². The van der Waals surface area contributed by atoms with E-state index in [2.05, 4.69) is 26.0 Å². The lowest BCUT2D eigenvalue weighted by Gasteiger charge is -2.28. The van der Waals surface area contributed by atoms with Gasteiger partial charge in [0.05, 0.1) is 27.7 Å². The summed E-state index contributed by atoms with van der Waals surface area (Å²) in [6.07, 6.45) is 35.1. The molecule has 10 heteroatoms. The lowest BCUT2D eigenvalue weighted by molar-refractivity contribution is -0.870. The molecule has 0 aliphatic rings. The van der Waals surface area contributed by atoms with Gasteiger partial charge >= 0.3 is 11.9 Å². The van der Waals surface area contributed by atoms with E-state index in [0.29, 0.717) is 17.4 Å². The van der Waals surface area contributed by atoms with Crippen LogP contribution in [0.15, 0.2) is 12.2 Å². The van der Waals surface area contributed by atoms with Gasteiger partial charge in [0.2, 0.25) is 0 Å². The van der Waals surface area contributed by atoms with Gasteiger partial charge in [0.15, 0.2) is 6.10 Å². The van der Waals surface area contributed by atoms with Crippen LogP contribution in [0.1, 0.15) is 194 Å². The van der Waals surface area contributed by atoms with E-state index in [1.54, 1.807) is 0 Å². The largest absolute Gasteiger partial charge is 0.756 e. The number of hydrogen-bond acceptors (Lipinski definition) is 8. The first-order chi connectivity index (χ1) is 25.0. The number of rotatable bonds is 39. The van der Waals surface area contributed by atoms with Crippen molar-refractivity contribution in [3.8, 4) is 0 Å². The lowest BCUT2D eigenvalue weighted by Crippen LogP contribution is -2.37. The van der Waals surface area contributed by atoms with Crippen LogP contribution in [-0.2, 0) is 32.7 Å². The zero-order valence-electron chi connectivity index (χ0n) is 34.5. The minimum Gasteiger partial charge on any atom is -0.756 e. The number of phosphoric acid groups is 1. The molecular weight excluding hydrogens is 677 g/mol. The third-order valence-electron chi connectivity index (χ3n) is 9.29. The molecule has 0 aliphatic heterocycles. The van der Waals surface area contributed by atoms with Gasteiger partial charge in [0, 0.05) is 12.8 Å². The lowest BCUT2D eigenvalue weighted by atomic mass is 10.0. The zero-order valence-corrected chi connectivity index (χ0v) is 35.4. The molecule has 52 heavy (non-hydrogen) atoms. The van der Waals surface area contributed by atoms with Crippen molar-refractivity contribution >= 4 is 19.8 Å². The number of likely N-dealkylation sites (N-methyl/N-ethyl adjacent to an activating group) is 1. The molecule has 0 spiro atoms. The van der Waals surface area contributed by atoms with Crippen LogP contribution in [0.4, 0.5) is 0 Å². The summed E-state index contributed by atoms with van der Waals surface area (Å²) >= 11 is 0. The fourth-order valence-electron chi connectivity index (χ4n) is 5.87. The highest BCUT2D eigenvalue weighted by atomic mass is 31.2. The number of carbonyl (C=O) groups excluding carboxylic acids is 2. The van der Waals surface area contributed by atoms with Crippen molar-refractivity contribution < 1.29 is 42.1 Å². The number of unbranched alkanes of at least 4 members (excludes halogenated alkanes) is 23. The number of carbonyl (C=O) groups is 2. The van der Waals surface area contributed by atoms with Crippen molar-refractivity contribution in [1.82, 2.24) is 0 Å². The number of hydrogen-bond donors (Lipinski definition) is 0.